The van der Waals surface area contributed by atoms with Gasteiger partial charge in [0.25, 0.3) is 0 Å². The molecule has 0 amide bonds. The van der Waals surface area contributed by atoms with E-state index in [0.29, 0.717) is 17.8 Å². The molecule has 0 aromatic carbocycles. The van der Waals surface area contributed by atoms with Gasteiger partial charge in [0.1, 0.15) is 0 Å². The van der Waals surface area contributed by atoms with Crippen LogP contribution in [0.25, 0.3) is 0 Å². The molecule has 0 aromatic heterocycles. The predicted octanol–water partition coefficient (Wildman–Crippen LogP) is 2.98. The van der Waals surface area contributed by atoms with Crippen molar-refractivity contribution in [2.45, 2.75) is 40.0 Å². The van der Waals surface area contributed by atoms with Crippen LogP contribution in [0.4, 0.5) is 0 Å². The van der Waals surface area contributed by atoms with Gasteiger partial charge in [-0.3, -0.25) is 0 Å². The molecule has 2 unspecified atom stereocenters. The summed E-state index contributed by atoms with van der Waals surface area (Å²) in [4.78, 5) is 0. The van der Waals surface area contributed by atoms with E-state index in [-0.39, 0.29) is 0 Å². The molecule has 0 aliphatic heterocycles. The van der Waals surface area contributed by atoms with Crippen LogP contribution in [-0.2, 0) is 0 Å². The van der Waals surface area contributed by atoms with Crippen LogP contribution >= 0.6 is 0 Å². The summed E-state index contributed by atoms with van der Waals surface area (Å²) in [6.07, 6.45) is 4.15. The molecule has 1 N–H and O–H groups in total. The molecule has 0 heterocycles. The van der Waals surface area contributed by atoms with Gasteiger partial charge in [-0.2, -0.15) is 0 Å². The number of hydrogen-bond acceptors (Lipinski definition) is 1. The monoisotopic (exact) mass is 155 g/mol. The Kier molecular flexibility index (Phi) is 2.94. The molecule has 1 aliphatic rings. The van der Waals surface area contributed by atoms with Gasteiger partial charge < -0.3 is 5.11 Å². The second-order valence-corrected chi connectivity index (χ2v) is 4.23. The van der Waals surface area contributed by atoms with Crippen molar-refractivity contribution in [1.29, 1.82) is 0 Å². The minimum atomic E-state index is 0.478. The van der Waals surface area contributed by atoms with Crippen LogP contribution in [0.1, 0.15) is 40.0 Å². The molecular weight excluding hydrogens is 136 g/mol. The molecule has 1 aliphatic carbocycles. The molecule has 1 nitrogen and oxygen atoms in total. The van der Waals surface area contributed by atoms with E-state index in [1.807, 2.05) is 0 Å². The third-order valence-electron chi connectivity index (χ3n) is 2.76. The van der Waals surface area contributed by atoms with Crippen molar-refractivity contribution in [3.05, 3.63) is 6.10 Å². The zero-order chi connectivity index (χ0) is 8.43. The van der Waals surface area contributed by atoms with E-state index in [1.54, 1.807) is 0 Å². The van der Waals surface area contributed by atoms with E-state index >= 15 is 0 Å². The number of aliphatic hydroxyl groups is 1. The van der Waals surface area contributed by atoms with E-state index in [4.69, 9.17) is 0 Å². The summed E-state index contributed by atoms with van der Waals surface area (Å²) in [5, 5.41) is 9.63. The number of rotatable bonds is 1. The Morgan fingerprint density at radius 3 is 2.45 bits per heavy atom. The average Bonchev–Trinajstić information content (AvgIpc) is 1.85. The molecule has 1 fully saturated rings. The molecule has 0 aromatic rings. The van der Waals surface area contributed by atoms with Crippen molar-refractivity contribution in [1.82, 2.24) is 0 Å². The number of hydrogen-bond donors (Lipinski definition) is 1. The van der Waals surface area contributed by atoms with Crippen molar-refractivity contribution < 1.29 is 5.11 Å². The molecule has 11 heavy (non-hydrogen) atoms. The first-order chi connectivity index (χ1) is 5.11. The van der Waals surface area contributed by atoms with Crippen LogP contribution in [0.3, 0.4) is 0 Å². The summed E-state index contributed by atoms with van der Waals surface area (Å²) >= 11 is 0. The van der Waals surface area contributed by atoms with Crippen LogP contribution in [0.15, 0.2) is 0 Å². The minimum absolute atomic E-state index is 0.478. The highest BCUT2D eigenvalue weighted by Crippen LogP contribution is 2.37. The molecular formula is C10H19O. The van der Waals surface area contributed by atoms with E-state index in [2.05, 4.69) is 20.8 Å². The fourth-order valence-electron chi connectivity index (χ4n) is 1.96. The van der Waals surface area contributed by atoms with Gasteiger partial charge in [0.2, 0.25) is 0 Å². The molecule has 0 bridgehead atoms. The van der Waals surface area contributed by atoms with Crippen molar-refractivity contribution >= 4 is 0 Å². The fourth-order valence-corrected chi connectivity index (χ4v) is 1.96. The van der Waals surface area contributed by atoms with Gasteiger partial charge in [0.05, 0.1) is 6.10 Å². The van der Waals surface area contributed by atoms with Gasteiger partial charge in [-0.15, -0.1) is 0 Å². The maximum absolute atomic E-state index is 9.63. The van der Waals surface area contributed by atoms with Crippen LogP contribution in [0, 0.1) is 23.9 Å². The topological polar surface area (TPSA) is 20.2 Å². The molecule has 2 atom stereocenters. The molecule has 1 rings (SSSR count). The largest absolute Gasteiger partial charge is 0.387 e. The first-order valence-corrected chi connectivity index (χ1v) is 4.66. The molecule has 1 saturated carbocycles. The van der Waals surface area contributed by atoms with Crippen LogP contribution < -0.4 is 0 Å². The highest BCUT2D eigenvalue weighted by atomic mass is 16.3. The van der Waals surface area contributed by atoms with Gasteiger partial charge >= 0.3 is 0 Å². The smallest absolute Gasteiger partial charge is 0.0969 e. The van der Waals surface area contributed by atoms with Crippen LogP contribution in [0.5, 0.6) is 0 Å². The first kappa shape index (κ1) is 9.05. The lowest BCUT2D eigenvalue weighted by molar-refractivity contribution is 0.120. The van der Waals surface area contributed by atoms with E-state index in [1.165, 1.54) is 12.8 Å². The average molecular weight is 155 g/mol. The zero-order valence-electron chi connectivity index (χ0n) is 7.80. The second kappa shape index (κ2) is 3.57. The van der Waals surface area contributed by atoms with Crippen molar-refractivity contribution in [2.24, 2.45) is 17.8 Å². The molecule has 65 valence electrons. The van der Waals surface area contributed by atoms with Gasteiger partial charge in [0, 0.05) is 0 Å². The van der Waals surface area contributed by atoms with Gasteiger partial charge in [-0.25, -0.2) is 0 Å². The Hall–Kier alpha value is -0.0400. The van der Waals surface area contributed by atoms with Crippen molar-refractivity contribution in [3.63, 3.8) is 0 Å². The molecule has 0 spiro atoms. The summed E-state index contributed by atoms with van der Waals surface area (Å²) in [6.45, 7) is 6.60. The third kappa shape index (κ3) is 2.19. The summed E-state index contributed by atoms with van der Waals surface area (Å²) in [5.74, 6) is 1.79. The summed E-state index contributed by atoms with van der Waals surface area (Å²) < 4.78 is 0. The SMILES string of the molecule is CC1CCC(C(C)C)[C](O)C1. The van der Waals surface area contributed by atoms with Gasteiger partial charge in [0.15, 0.2) is 0 Å². The van der Waals surface area contributed by atoms with Crippen LogP contribution in [0.2, 0.25) is 0 Å². The Balaban J connectivity index is 2.44. The lowest BCUT2D eigenvalue weighted by Crippen LogP contribution is -2.25. The normalized spacial score (nSPS) is 34.6. The lowest BCUT2D eigenvalue weighted by atomic mass is 9.75. The fraction of sp³-hybridized carbons (Fsp3) is 0.900. The Labute approximate surface area is 69.8 Å². The molecule has 0 saturated heterocycles. The standard InChI is InChI=1S/C10H19O/c1-7(2)9-5-4-8(3)6-10(9)11/h7-9,11H,4-6H2,1-3H3. The quantitative estimate of drug-likeness (QED) is 0.617. The van der Waals surface area contributed by atoms with Gasteiger partial charge in [-0.05, 0) is 30.6 Å². The van der Waals surface area contributed by atoms with E-state index in [0.717, 1.165) is 12.5 Å². The predicted molar refractivity (Wildman–Crippen MR) is 46.5 cm³/mol. The lowest BCUT2D eigenvalue weighted by Gasteiger charge is -2.33. The Bertz CT molecular complexity index is 120. The van der Waals surface area contributed by atoms with E-state index in [9.17, 15) is 5.11 Å². The summed E-state index contributed by atoms with van der Waals surface area (Å²) in [5.41, 5.74) is 0. The van der Waals surface area contributed by atoms with E-state index < -0.39 is 0 Å². The minimum Gasteiger partial charge on any atom is -0.387 e. The molecule has 1 radical (unpaired) electrons. The molecule has 1 heteroatoms. The Morgan fingerprint density at radius 2 is 2.00 bits per heavy atom. The highest BCUT2D eigenvalue weighted by Gasteiger charge is 2.29. The summed E-state index contributed by atoms with van der Waals surface area (Å²) in [6, 6.07) is 0. The Morgan fingerprint density at radius 1 is 1.36 bits per heavy atom. The zero-order valence-corrected chi connectivity index (χ0v) is 7.80. The van der Waals surface area contributed by atoms with Crippen LogP contribution in [-0.4, -0.2) is 5.11 Å². The highest BCUT2D eigenvalue weighted by molar-refractivity contribution is 4.92. The second-order valence-electron chi connectivity index (χ2n) is 4.23. The maximum atomic E-state index is 9.63. The maximum Gasteiger partial charge on any atom is 0.0969 e. The van der Waals surface area contributed by atoms with Gasteiger partial charge in [-0.1, -0.05) is 27.2 Å². The van der Waals surface area contributed by atoms with Crippen molar-refractivity contribution in [3.8, 4) is 0 Å². The first-order valence-electron chi connectivity index (χ1n) is 4.66. The third-order valence-corrected chi connectivity index (χ3v) is 2.76. The van der Waals surface area contributed by atoms with Crippen molar-refractivity contribution in [2.75, 3.05) is 0 Å². The number of aliphatic hydroxyl groups excluding tert-OH is 1. The summed E-state index contributed by atoms with van der Waals surface area (Å²) in [7, 11) is 0.